The molecule has 0 saturated carbocycles. The third-order valence-corrected chi connectivity index (χ3v) is 5.65. The summed E-state index contributed by atoms with van der Waals surface area (Å²) in [7, 11) is 0. The fraction of sp³-hybridized carbons (Fsp3) is 0.261. The smallest absolute Gasteiger partial charge is 0.287 e. The lowest BCUT2D eigenvalue weighted by Gasteiger charge is -2.38. The molecule has 1 N–H and O–H groups in total. The molecule has 1 aliphatic heterocycles. The Labute approximate surface area is 182 Å². The van der Waals surface area contributed by atoms with Gasteiger partial charge in [0.1, 0.15) is 23.9 Å². The van der Waals surface area contributed by atoms with Gasteiger partial charge in [0.15, 0.2) is 5.76 Å². The van der Waals surface area contributed by atoms with Crippen LogP contribution in [0.3, 0.4) is 0 Å². The molecule has 1 amide bonds. The van der Waals surface area contributed by atoms with E-state index in [-0.39, 0.29) is 24.1 Å². The molecule has 2 heterocycles. The number of amides is 1. The average Bonchev–Trinajstić information content (AvgIpc) is 3.23. The average molecular weight is 474 g/mol. The maximum atomic E-state index is 13.0. The third-order valence-electron chi connectivity index (χ3n) is 5.16. The van der Waals surface area contributed by atoms with Crippen molar-refractivity contribution in [1.82, 2.24) is 5.32 Å². The standard InChI is InChI=1S/C23H21BrFNO4/c24-17-3-1-2-16(14-17)23(10-12-28-13-11-23)26-22(27)21-9-8-20(30-21)15-29-19-6-4-18(25)5-7-19/h1-9,14H,10-13,15H2,(H,26,27). The molecule has 1 aliphatic rings. The lowest BCUT2D eigenvalue weighted by atomic mass is 9.82. The second-order valence-corrected chi connectivity index (χ2v) is 8.08. The zero-order chi connectivity index (χ0) is 21.0. The molecule has 1 fully saturated rings. The van der Waals surface area contributed by atoms with Gasteiger partial charge in [0.25, 0.3) is 5.91 Å². The maximum Gasteiger partial charge on any atom is 0.287 e. The quantitative estimate of drug-likeness (QED) is 0.534. The summed E-state index contributed by atoms with van der Waals surface area (Å²) in [5, 5.41) is 3.17. The molecule has 7 heteroatoms. The van der Waals surface area contributed by atoms with Gasteiger partial charge in [-0.3, -0.25) is 4.79 Å². The summed E-state index contributed by atoms with van der Waals surface area (Å²) in [5.74, 6) is 0.632. The minimum Gasteiger partial charge on any atom is -0.486 e. The van der Waals surface area contributed by atoms with Crippen LogP contribution in [0.25, 0.3) is 0 Å². The van der Waals surface area contributed by atoms with E-state index in [0.29, 0.717) is 37.6 Å². The van der Waals surface area contributed by atoms with Gasteiger partial charge in [-0.15, -0.1) is 0 Å². The van der Waals surface area contributed by atoms with E-state index in [1.165, 1.54) is 12.1 Å². The molecule has 0 aliphatic carbocycles. The Kier molecular flexibility index (Phi) is 6.20. The Morgan fingerprint density at radius 3 is 2.60 bits per heavy atom. The second kappa shape index (κ2) is 9.02. The van der Waals surface area contributed by atoms with E-state index in [2.05, 4.69) is 21.2 Å². The molecule has 0 radical (unpaired) electrons. The summed E-state index contributed by atoms with van der Waals surface area (Å²) in [4.78, 5) is 13.0. The predicted molar refractivity (Wildman–Crippen MR) is 113 cm³/mol. The molecule has 2 aromatic carbocycles. The van der Waals surface area contributed by atoms with Gasteiger partial charge >= 0.3 is 0 Å². The lowest BCUT2D eigenvalue weighted by molar-refractivity contribution is 0.0336. The van der Waals surface area contributed by atoms with Crippen LogP contribution < -0.4 is 10.1 Å². The molecule has 1 saturated heterocycles. The highest BCUT2D eigenvalue weighted by atomic mass is 79.9. The number of furan rings is 1. The number of benzene rings is 2. The predicted octanol–water partition coefficient (Wildman–Crippen LogP) is 5.20. The van der Waals surface area contributed by atoms with Crippen LogP contribution in [0.4, 0.5) is 4.39 Å². The maximum absolute atomic E-state index is 13.0. The number of ether oxygens (including phenoxy) is 2. The van der Waals surface area contributed by atoms with Gasteiger partial charge in [-0.05, 0) is 66.9 Å². The number of halogens is 2. The zero-order valence-corrected chi connectivity index (χ0v) is 17.8. The van der Waals surface area contributed by atoms with Crippen molar-refractivity contribution in [3.8, 4) is 5.75 Å². The van der Waals surface area contributed by atoms with Crippen molar-refractivity contribution >= 4 is 21.8 Å². The fourth-order valence-electron chi connectivity index (χ4n) is 3.53. The zero-order valence-electron chi connectivity index (χ0n) is 16.2. The molecule has 0 bridgehead atoms. The van der Waals surface area contributed by atoms with Crippen LogP contribution in [0.5, 0.6) is 5.75 Å². The highest BCUT2D eigenvalue weighted by Gasteiger charge is 2.37. The van der Waals surface area contributed by atoms with Crippen LogP contribution in [0.2, 0.25) is 0 Å². The highest BCUT2D eigenvalue weighted by Crippen LogP contribution is 2.34. The van der Waals surface area contributed by atoms with Crippen molar-refractivity contribution in [1.29, 1.82) is 0 Å². The summed E-state index contributed by atoms with van der Waals surface area (Å²) in [6, 6.07) is 17.0. The first kappa shape index (κ1) is 20.6. The summed E-state index contributed by atoms with van der Waals surface area (Å²) in [6.45, 7) is 1.28. The first-order valence-electron chi connectivity index (χ1n) is 9.67. The molecule has 1 aromatic heterocycles. The van der Waals surface area contributed by atoms with Crippen LogP contribution >= 0.6 is 15.9 Å². The minimum absolute atomic E-state index is 0.142. The van der Waals surface area contributed by atoms with Crippen LogP contribution in [0.15, 0.2) is 69.6 Å². The van der Waals surface area contributed by atoms with E-state index in [0.717, 1.165) is 10.0 Å². The van der Waals surface area contributed by atoms with E-state index in [9.17, 15) is 9.18 Å². The van der Waals surface area contributed by atoms with E-state index in [4.69, 9.17) is 13.9 Å². The van der Waals surface area contributed by atoms with Gasteiger partial charge in [-0.25, -0.2) is 4.39 Å². The molecule has 0 spiro atoms. The van der Waals surface area contributed by atoms with Crippen LogP contribution in [-0.4, -0.2) is 19.1 Å². The molecule has 3 aromatic rings. The summed E-state index contributed by atoms with van der Waals surface area (Å²) < 4.78 is 30.7. The van der Waals surface area contributed by atoms with Crippen molar-refractivity contribution < 1.29 is 23.1 Å². The number of hydrogen-bond donors (Lipinski definition) is 1. The summed E-state index contributed by atoms with van der Waals surface area (Å²) in [5.41, 5.74) is 0.511. The highest BCUT2D eigenvalue weighted by molar-refractivity contribution is 9.10. The van der Waals surface area contributed by atoms with Gasteiger partial charge in [0.05, 0.1) is 5.54 Å². The van der Waals surface area contributed by atoms with Gasteiger partial charge in [-0.1, -0.05) is 28.1 Å². The number of carbonyl (C=O) groups excluding carboxylic acids is 1. The molecule has 156 valence electrons. The van der Waals surface area contributed by atoms with Gasteiger partial charge in [0, 0.05) is 17.7 Å². The normalized spacial score (nSPS) is 15.5. The van der Waals surface area contributed by atoms with Crippen LogP contribution in [0.1, 0.15) is 34.7 Å². The Hall–Kier alpha value is -2.64. The topological polar surface area (TPSA) is 60.7 Å². The second-order valence-electron chi connectivity index (χ2n) is 7.17. The first-order valence-corrected chi connectivity index (χ1v) is 10.5. The summed E-state index contributed by atoms with van der Waals surface area (Å²) in [6.07, 6.45) is 1.35. The van der Waals surface area contributed by atoms with E-state index in [1.807, 2.05) is 24.3 Å². The molecule has 5 nitrogen and oxygen atoms in total. The first-order chi connectivity index (χ1) is 14.5. The van der Waals surface area contributed by atoms with Gasteiger partial charge < -0.3 is 19.2 Å². The van der Waals surface area contributed by atoms with Gasteiger partial charge in [-0.2, -0.15) is 0 Å². The number of hydrogen-bond acceptors (Lipinski definition) is 4. The third kappa shape index (κ3) is 4.74. The summed E-state index contributed by atoms with van der Waals surface area (Å²) >= 11 is 3.51. The minimum atomic E-state index is -0.517. The fourth-order valence-corrected chi connectivity index (χ4v) is 3.93. The molecular formula is C23H21BrFNO4. The van der Waals surface area contributed by atoms with E-state index < -0.39 is 5.54 Å². The largest absolute Gasteiger partial charge is 0.486 e. The van der Waals surface area contributed by atoms with Crippen molar-refractivity contribution in [2.75, 3.05) is 13.2 Å². The molecular weight excluding hydrogens is 453 g/mol. The Morgan fingerprint density at radius 2 is 1.87 bits per heavy atom. The van der Waals surface area contributed by atoms with E-state index in [1.54, 1.807) is 24.3 Å². The lowest BCUT2D eigenvalue weighted by Crippen LogP contribution is -2.49. The molecule has 30 heavy (non-hydrogen) atoms. The SMILES string of the molecule is O=C(NC1(c2cccc(Br)c2)CCOCC1)c1ccc(COc2ccc(F)cc2)o1. The number of rotatable bonds is 6. The Morgan fingerprint density at radius 1 is 1.10 bits per heavy atom. The molecule has 4 rings (SSSR count). The van der Waals surface area contributed by atoms with Gasteiger partial charge in [0.2, 0.25) is 0 Å². The van der Waals surface area contributed by atoms with Crippen LogP contribution in [-0.2, 0) is 16.9 Å². The van der Waals surface area contributed by atoms with Crippen molar-refractivity contribution in [3.63, 3.8) is 0 Å². The number of nitrogens with one attached hydrogen (secondary N) is 1. The van der Waals surface area contributed by atoms with Crippen molar-refractivity contribution in [2.24, 2.45) is 0 Å². The van der Waals surface area contributed by atoms with Crippen LogP contribution in [0, 0.1) is 5.82 Å². The van der Waals surface area contributed by atoms with Crippen molar-refractivity contribution in [3.05, 3.63) is 88.0 Å². The Balaban J connectivity index is 1.46. The molecule has 0 unspecified atom stereocenters. The monoisotopic (exact) mass is 473 g/mol. The van der Waals surface area contributed by atoms with E-state index >= 15 is 0 Å². The Bertz CT molecular complexity index is 1010. The van der Waals surface area contributed by atoms with Crippen molar-refractivity contribution in [2.45, 2.75) is 25.0 Å². The molecule has 0 atom stereocenters. The number of carbonyl (C=O) groups is 1.